The summed E-state index contributed by atoms with van der Waals surface area (Å²) in [6.07, 6.45) is 1.28. The lowest BCUT2D eigenvalue weighted by Crippen LogP contribution is -1.96. The minimum Gasteiger partial charge on any atom is -0.237 e. The van der Waals surface area contributed by atoms with Crippen molar-refractivity contribution in [1.82, 2.24) is 4.98 Å². The Kier molecular flexibility index (Phi) is 1.35. The standard InChI is InChI=1S/C6H5BrFNS/c7-5-9-4(3-10-5)6(8)1-2-6/h3H,1-2H2. The summed E-state index contributed by atoms with van der Waals surface area (Å²) in [5.41, 5.74) is -0.466. The smallest absolute Gasteiger partial charge is 0.159 e. The van der Waals surface area contributed by atoms with Crippen molar-refractivity contribution in [2.45, 2.75) is 18.5 Å². The van der Waals surface area contributed by atoms with Crippen LogP contribution in [0.3, 0.4) is 0 Å². The summed E-state index contributed by atoms with van der Waals surface area (Å²) in [6.45, 7) is 0. The van der Waals surface area contributed by atoms with Gasteiger partial charge in [0.1, 0.15) is 0 Å². The topological polar surface area (TPSA) is 12.9 Å². The van der Waals surface area contributed by atoms with Gasteiger partial charge in [-0.05, 0) is 28.8 Å². The fraction of sp³-hybridized carbons (Fsp3) is 0.500. The van der Waals surface area contributed by atoms with E-state index in [1.165, 1.54) is 11.3 Å². The van der Waals surface area contributed by atoms with Gasteiger partial charge < -0.3 is 0 Å². The molecule has 1 saturated carbocycles. The lowest BCUT2D eigenvalue weighted by Gasteiger charge is -1.95. The second-order valence-electron chi connectivity index (χ2n) is 2.45. The molecule has 0 aromatic carbocycles. The van der Waals surface area contributed by atoms with Crippen molar-refractivity contribution in [3.63, 3.8) is 0 Å². The quantitative estimate of drug-likeness (QED) is 0.711. The van der Waals surface area contributed by atoms with E-state index in [1.807, 2.05) is 0 Å². The third kappa shape index (κ3) is 0.992. The van der Waals surface area contributed by atoms with Gasteiger partial charge in [0.15, 0.2) is 9.59 Å². The number of hydrogen-bond acceptors (Lipinski definition) is 2. The van der Waals surface area contributed by atoms with Crippen LogP contribution in [0.4, 0.5) is 4.39 Å². The van der Waals surface area contributed by atoms with Crippen molar-refractivity contribution in [3.05, 3.63) is 15.0 Å². The van der Waals surface area contributed by atoms with Gasteiger partial charge in [0.2, 0.25) is 0 Å². The van der Waals surface area contributed by atoms with E-state index in [-0.39, 0.29) is 0 Å². The second-order valence-corrected chi connectivity index (χ2v) is 4.59. The molecule has 1 aliphatic rings. The molecule has 0 saturated heterocycles. The Balaban J connectivity index is 2.34. The lowest BCUT2D eigenvalue weighted by atomic mass is 10.3. The first-order valence-electron chi connectivity index (χ1n) is 3.01. The zero-order valence-corrected chi connectivity index (χ0v) is 7.51. The van der Waals surface area contributed by atoms with Crippen LogP contribution in [-0.4, -0.2) is 4.98 Å². The van der Waals surface area contributed by atoms with Crippen LogP contribution in [0, 0.1) is 0 Å². The summed E-state index contributed by atoms with van der Waals surface area (Å²) in [5, 5.41) is 1.77. The summed E-state index contributed by atoms with van der Waals surface area (Å²) in [5.74, 6) is 0. The highest BCUT2D eigenvalue weighted by Gasteiger charge is 2.46. The van der Waals surface area contributed by atoms with Crippen LogP contribution in [0.15, 0.2) is 9.30 Å². The zero-order valence-electron chi connectivity index (χ0n) is 5.10. The first kappa shape index (κ1) is 6.73. The van der Waals surface area contributed by atoms with Crippen molar-refractivity contribution >= 4 is 27.3 Å². The van der Waals surface area contributed by atoms with Gasteiger partial charge in [-0.25, -0.2) is 9.37 Å². The predicted molar refractivity (Wildman–Crippen MR) is 41.8 cm³/mol. The van der Waals surface area contributed by atoms with E-state index in [9.17, 15) is 4.39 Å². The summed E-state index contributed by atoms with van der Waals surface area (Å²) in [6, 6.07) is 0. The van der Waals surface area contributed by atoms with Gasteiger partial charge in [0.05, 0.1) is 5.69 Å². The molecule has 1 aromatic heterocycles. The molecule has 0 spiro atoms. The Bertz CT molecular complexity index is 256. The number of hydrogen-bond donors (Lipinski definition) is 0. The first-order valence-corrected chi connectivity index (χ1v) is 4.68. The predicted octanol–water partition coefficient (Wildman–Crippen LogP) is 2.86. The summed E-state index contributed by atoms with van der Waals surface area (Å²) in [7, 11) is 0. The maximum absolute atomic E-state index is 13.2. The first-order chi connectivity index (χ1) is 4.71. The molecule has 0 amide bonds. The van der Waals surface area contributed by atoms with E-state index in [0.717, 1.165) is 3.92 Å². The van der Waals surface area contributed by atoms with Gasteiger partial charge in [-0.3, -0.25) is 0 Å². The van der Waals surface area contributed by atoms with Gasteiger partial charge in [-0.1, -0.05) is 0 Å². The van der Waals surface area contributed by atoms with Crippen LogP contribution in [0.2, 0.25) is 0 Å². The maximum Gasteiger partial charge on any atom is 0.159 e. The van der Waals surface area contributed by atoms with Crippen LogP contribution in [0.25, 0.3) is 0 Å². The van der Waals surface area contributed by atoms with Crippen LogP contribution in [0.5, 0.6) is 0 Å². The highest BCUT2D eigenvalue weighted by molar-refractivity contribution is 9.11. The largest absolute Gasteiger partial charge is 0.237 e. The maximum atomic E-state index is 13.2. The van der Waals surface area contributed by atoms with E-state index in [4.69, 9.17) is 0 Å². The minimum absolute atomic E-state index is 0.601. The van der Waals surface area contributed by atoms with Gasteiger partial charge in [0, 0.05) is 5.38 Å². The zero-order chi connectivity index (χ0) is 7.19. The Morgan fingerprint density at radius 2 is 2.40 bits per heavy atom. The van der Waals surface area contributed by atoms with E-state index >= 15 is 0 Å². The van der Waals surface area contributed by atoms with Gasteiger partial charge in [0.25, 0.3) is 0 Å². The number of aromatic nitrogens is 1. The number of rotatable bonds is 1. The molecule has 2 rings (SSSR count). The number of alkyl halides is 1. The Morgan fingerprint density at radius 1 is 1.70 bits per heavy atom. The lowest BCUT2D eigenvalue weighted by molar-refractivity contribution is 0.310. The molecule has 54 valence electrons. The number of thiazole rings is 1. The molecular weight excluding hydrogens is 217 g/mol. The monoisotopic (exact) mass is 221 g/mol. The van der Waals surface area contributed by atoms with Crippen LogP contribution in [-0.2, 0) is 5.67 Å². The fourth-order valence-electron chi connectivity index (χ4n) is 0.824. The van der Waals surface area contributed by atoms with Crippen molar-refractivity contribution in [2.24, 2.45) is 0 Å². The molecule has 1 nitrogen and oxygen atoms in total. The third-order valence-electron chi connectivity index (χ3n) is 1.62. The molecule has 10 heavy (non-hydrogen) atoms. The molecule has 0 aliphatic heterocycles. The van der Waals surface area contributed by atoms with E-state index in [2.05, 4.69) is 20.9 Å². The minimum atomic E-state index is -1.07. The van der Waals surface area contributed by atoms with Gasteiger partial charge in [-0.2, -0.15) is 0 Å². The summed E-state index contributed by atoms with van der Waals surface area (Å²) in [4.78, 5) is 4.00. The van der Waals surface area contributed by atoms with Crippen molar-refractivity contribution in [3.8, 4) is 0 Å². The summed E-state index contributed by atoms with van der Waals surface area (Å²) >= 11 is 4.63. The van der Waals surface area contributed by atoms with E-state index < -0.39 is 5.67 Å². The Hall–Kier alpha value is 0.0400. The van der Waals surface area contributed by atoms with Gasteiger partial charge >= 0.3 is 0 Å². The highest BCUT2D eigenvalue weighted by Crippen LogP contribution is 2.49. The van der Waals surface area contributed by atoms with Crippen molar-refractivity contribution in [2.75, 3.05) is 0 Å². The van der Waals surface area contributed by atoms with Crippen LogP contribution < -0.4 is 0 Å². The van der Waals surface area contributed by atoms with Crippen LogP contribution in [0.1, 0.15) is 18.5 Å². The molecule has 0 radical (unpaired) electrons. The van der Waals surface area contributed by atoms with E-state index in [1.54, 1.807) is 5.38 Å². The average Bonchev–Trinajstić information content (AvgIpc) is 2.45. The average molecular weight is 222 g/mol. The molecule has 0 bridgehead atoms. The molecule has 1 heterocycles. The molecule has 1 aromatic rings. The Morgan fingerprint density at radius 3 is 2.80 bits per heavy atom. The molecule has 0 atom stereocenters. The molecule has 4 heteroatoms. The summed E-state index contributed by atoms with van der Waals surface area (Å²) < 4.78 is 13.9. The number of nitrogens with zero attached hydrogens (tertiary/aromatic N) is 1. The molecular formula is C6H5BrFNS. The molecule has 1 aliphatic carbocycles. The van der Waals surface area contributed by atoms with Crippen molar-refractivity contribution < 1.29 is 4.39 Å². The highest BCUT2D eigenvalue weighted by atomic mass is 79.9. The third-order valence-corrected chi connectivity index (χ3v) is 2.99. The molecule has 0 unspecified atom stereocenters. The van der Waals surface area contributed by atoms with Crippen LogP contribution >= 0.6 is 27.3 Å². The Labute approximate surface area is 70.4 Å². The van der Waals surface area contributed by atoms with Gasteiger partial charge in [-0.15, -0.1) is 11.3 Å². The molecule has 0 N–H and O–H groups in total. The SMILES string of the molecule is FC1(c2csc(Br)n2)CC1. The van der Waals surface area contributed by atoms with E-state index in [0.29, 0.717) is 18.5 Å². The fourth-order valence-corrected chi connectivity index (χ4v) is 1.92. The van der Waals surface area contributed by atoms with Crippen molar-refractivity contribution in [1.29, 1.82) is 0 Å². The number of halogens is 2. The second kappa shape index (κ2) is 2.01. The normalized spacial score (nSPS) is 21.0. The molecule has 1 fully saturated rings.